The van der Waals surface area contributed by atoms with Crippen LogP contribution in [0.1, 0.15) is 22.3 Å². The van der Waals surface area contributed by atoms with Crippen molar-refractivity contribution in [2.24, 2.45) is 0 Å². The van der Waals surface area contributed by atoms with E-state index in [-0.39, 0.29) is 0 Å². The van der Waals surface area contributed by atoms with Crippen LogP contribution in [-0.2, 0) is 5.41 Å². The predicted octanol–water partition coefficient (Wildman–Crippen LogP) is 8.45. The van der Waals surface area contributed by atoms with Crippen molar-refractivity contribution in [3.05, 3.63) is 174 Å². The first-order valence-electron chi connectivity index (χ1n) is 13.6. The van der Waals surface area contributed by atoms with E-state index in [1.807, 2.05) is 30.5 Å². The topological polar surface area (TPSA) is 30.7 Å². The summed E-state index contributed by atoms with van der Waals surface area (Å²) in [7, 11) is 0. The zero-order valence-corrected chi connectivity index (χ0v) is 21.8. The van der Waals surface area contributed by atoms with Gasteiger partial charge in [-0.25, -0.2) is 0 Å². The van der Waals surface area contributed by atoms with Crippen molar-refractivity contribution < 1.29 is 0 Å². The molecule has 0 fully saturated rings. The summed E-state index contributed by atoms with van der Waals surface area (Å²) in [6.07, 6.45) is 5.90. The van der Waals surface area contributed by atoms with E-state index in [0.29, 0.717) is 0 Å². The van der Waals surface area contributed by atoms with Gasteiger partial charge in [-0.1, -0.05) is 97.1 Å². The van der Waals surface area contributed by atoms with E-state index in [4.69, 9.17) is 4.98 Å². The fourth-order valence-electron chi connectivity index (χ4n) is 6.58. The second-order valence-corrected chi connectivity index (χ2v) is 10.3. The van der Waals surface area contributed by atoms with Crippen LogP contribution in [0.2, 0.25) is 0 Å². The first-order valence-corrected chi connectivity index (χ1v) is 13.6. The Morgan fingerprint density at radius 1 is 0.525 bits per heavy atom. The molecule has 7 aromatic rings. The average Bonchev–Trinajstić information content (AvgIpc) is 3.60. The van der Waals surface area contributed by atoms with E-state index < -0.39 is 5.41 Å². The normalized spacial score (nSPS) is 13.2. The van der Waals surface area contributed by atoms with E-state index in [9.17, 15) is 0 Å². The van der Waals surface area contributed by atoms with Crippen LogP contribution in [0.15, 0.2) is 152 Å². The second-order valence-electron chi connectivity index (χ2n) is 10.3. The summed E-state index contributed by atoms with van der Waals surface area (Å²) in [6.45, 7) is 0. The summed E-state index contributed by atoms with van der Waals surface area (Å²) in [5.41, 5.74) is 11.3. The van der Waals surface area contributed by atoms with Crippen molar-refractivity contribution in [1.29, 1.82) is 0 Å². The summed E-state index contributed by atoms with van der Waals surface area (Å²) in [4.78, 5) is 9.19. The number of hydrogen-bond acceptors (Lipinski definition) is 2. The standard InChI is InChI=1S/C37H25N3/c1-3-11-26(12-4-1)37(27-13-5-2-6-14-27)31-16-8-7-15-29(31)36-30-22-24-40(35(30)21-19-32(36)37)28-18-20-34(39-25-28)33-17-9-10-23-38-33/h1-25H. The van der Waals surface area contributed by atoms with Gasteiger partial charge in [-0.2, -0.15) is 0 Å². The van der Waals surface area contributed by atoms with Crippen LogP contribution in [0.4, 0.5) is 0 Å². The molecule has 3 nitrogen and oxygen atoms in total. The number of aromatic nitrogens is 3. The van der Waals surface area contributed by atoms with E-state index in [1.165, 1.54) is 38.8 Å². The smallest absolute Gasteiger partial charge is 0.0887 e. The fourth-order valence-corrected chi connectivity index (χ4v) is 6.58. The molecule has 0 aliphatic heterocycles. The fraction of sp³-hybridized carbons (Fsp3) is 0.0270. The van der Waals surface area contributed by atoms with E-state index >= 15 is 0 Å². The van der Waals surface area contributed by atoms with Crippen LogP contribution < -0.4 is 0 Å². The number of pyridine rings is 2. The molecule has 0 saturated heterocycles. The first-order chi connectivity index (χ1) is 19.9. The third-order valence-electron chi connectivity index (χ3n) is 8.24. The van der Waals surface area contributed by atoms with Gasteiger partial charge in [0.25, 0.3) is 0 Å². The first kappa shape index (κ1) is 22.7. The number of nitrogens with zero attached hydrogens (tertiary/aromatic N) is 3. The Hall–Kier alpha value is -5.28. The number of hydrogen-bond donors (Lipinski definition) is 0. The summed E-state index contributed by atoms with van der Waals surface area (Å²) >= 11 is 0. The highest BCUT2D eigenvalue weighted by atomic mass is 15.0. The van der Waals surface area contributed by atoms with Gasteiger partial charge < -0.3 is 4.57 Å². The molecule has 0 unspecified atom stereocenters. The number of rotatable bonds is 4. The lowest BCUT2D eigenvalue weighted by molar-refractivity contribution is 0.769. The maximum absolute atomic E-state index is 4.74. The zero-order valence-electron chi connectivity index (χ0n) is 21.8. The highest BCUT2D eigenvalue weighted by molar-refractivity contribution is 6.03. The van der Waals surface area contributed by atoms with E-state index in [0.717, 1.165) is 22.6 Å². The van der Waals surface area contributed by atoms with Gasteiger partial charge in [0.1, 0.15) is 0 Å². The van der Waals surface area contributed by atoms with Gasteiger partial charge in [-0.3, -0.25) is 9.97 Å². The predicted molar refractivity (Wildman–Crippen MR) is 162 cm³/mol. The van der Waals surface area contributed by atoms with Crippen molar-refractivity contribution in [3.8, 4) is 28.2 Å². The molecule has 188 valence electrons. The third kappa shape index (κ3) is 3.18. The van der Waals surface area contributed by atoms with Crippen molar-refractivity contribution in [2.75, 3.05) is 0 Å². The Balaban J connectivity index is 1.36. The minimum Gasteiger partial charge on any atom is -0.315 e. The minimum absolute atomic E-state index is 0.392. The van der Waals surface area contributed by atoms with Crippen LogP contribution in [0.3, 0.4) is 0 Å². The van der Waals surface area contributed by atoms with Gasteiger partial charge in [0, 0.05) is 17.8 Å². The van der Waals surface area contributed by atoms with Gasteiger partial charge in [0.2, 0.25) is 0 Å². The van der Waals surface area contributed by atoms with Crippen LogP contribution in [-0.4, -0.2) is 14.5 Å². The molecule has 3 aromatic heterocycles. The molecule has 40 heavy (non-hydrogen) atoms. The molecule has 0 radical (unpaired) electrons. The molecular weight excluding hydrogens is 486 g/mol. The Morgan fingerprint density at radius 2 is 1.23 bits per heavy atom. The van der Waals surface area contributed by atoms with Gasteiger partial charge in [-0.15, -0.1) is 0 Å². The van der Waals surface area contributed by atoms with Gasteiger partial charge in [0.15, 0.2) is 0 Å². The molecule has 0 spiro atoms. The van der Waals surface area contributed by atoms with Gasteiger partial charge >= 0.3 is 0 Å². The van der Waals surface area contributed by atoms with Crippen molar-refractivity contribution in [3.63, 3.8) is 0 Å². The Morgan fingerprint density at radius 3 is 1.93 bits per heavy atom. The lowest BCUT2D eigenvalue weighted by atomic mass is 9.67. The average molecular weight is 512 g/mol. The minimum atomic E-state index is -0.392. The molecule has 8 rings (SSSR count). The quantitative estimate of drug-likeness (QED) is 0.237. The van der Waals surface area contributed by atoms with E-state index in [1.54, 1.807) is 6.20 Å². The maximum Gasteiger partial charge on any atom is 0.0887 e. The zero-order chi connectivity index (χ0) is 26.5. The molecule has 1 aliphatic rings. The van der Waals surface area contributed by atoms with Crippen molar-refractivity contribution in [2.45, 2.75) is 5.41 Å². The van der Waals surface area contributed by atoms with Crippen LogP contribution >= 0.6 is 0 Å². The molecule has 3 heteroatoms. The molecule has 1 aliphatic carbocycles. The van der Waals surface area contributed by atoms with Crippen molar-refractivity contribution >= 4 is 10.9 Å². The summed E-state index contributed by atoms with van der Waals surface area (Å²) in [5.74, 6) is 0. The van der Waals surface area contributed by atoms with E-state index in [2.05, 4.69) is 125 Å². The summed E-state index contributed by atoms with van der Waals surface area (Å²) < 4.78 is 2.23. The Kier molecular flexibility index (Phi) is 5.04. The molecule has 0 atom stereocenters. The molecule has 0 saturated carbocycles. The molecule has 3 heterocycles. The van der Waals surface area contributed by atoms with Gasteiger partial charge in [0.05, 0.1) is 34.2 Å². The SMILES string of the molecule is c1ccc(C2(c3ccccc3)c3ccccc3-c3c2ccc2c3ccn2-c2ccc(-c3ccccn3)nc2)cc1. The summed E-state index contributed by atoms with van der Waals surface area (Å²) in [6, 6.07) is 47.7. The Bertz CT molecular complexity index is 1930. The second kappa shape index (κ2) is 8.89. The lowest BCUT2D eigenvalue weighted by Crippen LogP contribution is -2.28. The lowest BCUT2D eigenvalue weighted by Gasteiger charge is -2.33. The van der Waals surface area contributed by atoms with Crippen LogP contribution in [0.25, 0.3) is 39.1 Å². The monoisotopic (exact) mass is 511 g/mol. The Labute approximate surface area is 233 Å². The molecule has 0 amide bonds. The maximum atomic E-state index is 4.74. The molecular formula is C37H25N3. The molecule has 4 aromatic carbocycles. The summed E-state index contributed by atoms with van der Waals surface area (Å²) in [5, 5.41) is 1.24. The van der Waals surface area contributed by atoms with Crippen molar-refractivity contribution in [1.82, 2.24) is 14.5 Å². The van der Waals surface area contributed by atoms with Crippen LogP contribution in [0, 0.1) is 0 Å². The third-order valence-corrected chi connectivity index (χ3v) is 8.24. The van der Waals surface area contributed by atoms with Gasteiger partial charge in [-0.05, 0) is 69.8 Å². The largest absolute Gasteiger partial charge is 0.315 e. The molecule has 0 N–H and O–H groups in total. The van der Waals surface area contributed by atoms with Crippen LogP contribution in [0.5, 0.6) is 0 Å². The number of benzene rings is 4. The molecule has 0 bridgehead atoms. The number of fused-ring (bicyclic) bond motifs is 5. The highest BCUT2D eigenvalue weighted by Crippen LogP contribution is 2.57. The highest BCUT2D eigenvalue weighted by Gasteiger charge is 2.46.